The lowest BCUT2D eigenvalue weighted by Crippen LogP contribution is -2.10. The van der Waals surface area contributed by atoms with E-state index in [-0.39, 0.29) is 12.4 Å². The van der Waals surface area contributed by atoms with Crippen molar-refractivity contribution < 1.29 is 4.74 Å². The highest BCUT2D eigenvalue weighted by Gasteiger charge is 2.00. The quantitative estimate of drug-likeness (QED) is 0.884. The van der Waals surface area contributed by atoms with Gasteiger partial charge in [0, 0.05) is 11.6 Å². The minimum Gasteiger partial charge on any atom is -0.491 e. The summed E-state index contributed by atoms with van der Waals surface area (Å²) in [6.07, 6.45) is 0. The molecule has 0 unspecified atom stereocenters. The zero-order valence-electron chi connectivity index (χ0n) is 6.80. The van der Waals surface area contributed by atoms with Crippen molar-refractivity contribution in [1.29, 1.82) is 0 Å². The van der Waals surface area contributed by atoms with E-state index in [4.69, 9.17) is 33.7 Å². The average molecular weight is 243 g/mol. The van der Waals surface area contributed by atoms with Gasteiger partial charge in [-0.1, -0.05) is 23.2 Å². The third kappa shape index (κ3) is 4.05. The maximum atomic E-state index is 5.81. The summed E-state index contributed by atoms with van der Waals surface area (Å²) in [5, 5.41) is 1.11. The zero-order chi connectivity index (χ0) is 8.97. The predicted molar refractivity (Wildman–Crippen MR) is 58.3 cm³/mol. The number of rotatable bonds is 3. The van der Waals surface area contributed by atoms with Crippen molar-refractivity contribution in [3.8, 4) is 5.75 Å². The van der Waals surface area contributed by atoms with E-state index in [2.05, 4.69) is 0 Å². The molecule has 0 aliphatic heterocycles. The van der Waals surface area contributed by atoms with Crippen LogP contribution in [-0.4, -0.2) is 13.2 Å². The van der Waals surface area contributed by atoms with E-state index < -0.39 is 0 Å². The normalized spacial score (nSPS) is 9.15. The van der Waals surface area contributed by atoms with Crippen LogP contribution in [0.3, 0.4) is 0 Å². The highest BCUT2D eigenvalue weighted by Crippen LogP contribution is 2.27. The Bertz CT molecular complexity index is 268. The fraction of sp³-hybridized carbons (Fsp3) is 0.250. The lowest BCUT2D eigenvalue weighted by atomic mass is 10.3. The van der Waals surface area contributed by atoms with Crippen LogP contribution >= 0.6 is 35.6 Å². The molecule has 1 aromatic carbocycles. The molecule has 0 atom stereocenters. The van der Waals surface area contributed by atoms with E-state index in [1.807, 2.05) is 0 Å². The molecule has 0 fully saturated rings. The fourth-order valence-corrected chi connectivity index (χ4v) is 1.22. The van der Waals surface area contributed by atoms with Crippen molar-refractivity contribution in [2.45, 2.75) is 0 Å². The first kappa shape index (κ1) is 12.8. The number of hydrogen-bond acceptors (Lipinski definition) is 2. The van der Waals surface area contributed by atoms with Crippen LogP contribution in [0.1, 0.15) is 0 Å². The van der Waals surface area contributed by atoms with Crippen molar-refractivity contribution in [3.05, 3.63) is 28.2 Å². The highest BCUT2D eigenvalue weighted by atomic mass is 35.5. The van der Waals surface area contributed by atoms with Gasteiger partial charge in [-0.25, -0.2) is 0 Å². The lowest BCUT2D eigenvalue weighted by Gasteiger charge is -2.05. The van der Waals surface area contributed by atoms with E-state index in [0.717, 1.165) is 0 Å². The number of hydrogen-bond donors (Lipinski definition) is 1. The van der Waals surface area contributed by atoms with Crippen LogP contribution in [-0.2, 0) is 0 Å². The van der Waals surface area contributed by atoms with Gasteiger partial charge < -0.3 is 10.5 Å². The molecule has 0 saturated carbocycles. The molecule has 0 amide bonds. The standard InChI is InChI=1S/C8H9Cl2NO.ClH/c9-6-1-2-8(7(10)5-6)12-4-3-11;/h1-2,5H,3-4,11H2;1H. The van der Waals surface area contributed by atoms with Crippen LogP contribution in [0.5, 0.6) is 5.75 Å². The van der Waals surface area contributed by atoms with Gasteiger partial charge in [-0.05, 0) is 18.2 Å². The van der Waals surface area contributed by atoms with Gasteiger partial charge in [0.2, 0.25) is 0 Å². The summed E-state index contributed by atoms with van der Waals surface area (Å²) in [5.41, 5.74) is 5.26. The molecule has 0 radical (unpaired) electrons. The van der Waals surface area contributed by atoms with Crippen LogP contribution < -0.4 is 10.5 Å². The largest absolute Gasteiger partial charge is 0.491 e. The van der Waals surface area contributed by atoms with Gasteiger partial charge in [-0.3, -0.25) is 0 Å². The first-order valence-electron chi connectivity index (χ1n) is 3.52. The van der Waals surface area contributed by atoms with Gasteiger partial charge in [0.05, 0.1) is 5.02 Å². The number of halogens is 3. The first-order chi connectivity index (χ1) is 5.74. The van der Waals surface area contributed by atoms with Crippen LogP contribution in [0.2, 0.25) is 10.0 Å². The molecule has 0 aliphatic carbocycles. The molecule has 0 aliphatic rings. The molecule has 1 rings (SSSR count). The second-order valence-electron chi connectivity index (χ2n) is 2.21. The van der Waals surface area contributed by atoms with E-state index in [1.165, 1.54) is 0 Å². The van der Waals surface area contributed by atoms with Crippen molar-refractivity contribution in [2.75, 3.05) is 13.2 Å². The smallest absolute Gasteiger partial charge is 0.138 e. The van der Waals surface area contributed by atoms with Gasteiger partial charge in [0.15, 0.2) is 0 Å². The molecule has 1 aromatic rings. The van der Waals surface area contributed by atoms with Crippen molar-refractivity contribution in [2.24, 2.45) is 5.73 Å². The van der Waals surface area contributed by atoms with Crippen LogP contribution in [0.25, 0.3) is 0 Å². The fourth-order valence-electron chi connectivity index (χ4n) is 0.761. The molecule has 0 aromatic heterocycles. The van der Waals surface area contributed by atoms with Crippen LogP contribution in [0.4, 0.5) is 0 Å². The topological polar surface area (TPSA) is 35.2 Å². The Morgan fingerprint density at radius 3 is 2.54 bits per heavy atom. The monoisotopic (exact) mass is 241 g/mol. The third-order valence-electron chi connectivity index (χ3n) is 1.27. The Morgan fingerprint density at radius 1 is 1.31 bits per heavy atom. The summed E-state index contributed by atoms with van der Waals surface area (Å²) in [6.45, 7) is 0.931. The molecule has 0 spiro atoms. The number of ether oxygens (including phenoxy) is 1. The summed E-state index contributed by atoms with van der Waals surface area (Å²) < 4.78 is 5.23. The Labute approximate surface area is 93.4 Å². The maximum Gasteiger partial charge on any atom is 0.138 e. The summed E-state index contributed by atoms with van der Waals surface area (Å²) in [6, 6.07) is 5.08. The SMILES string of the molecule is Cl.NCCOc1ccc(Cl)cc1Cl. The number of nitrogens with two attached hydrogens (primary N) is 1. The van der Waals surface area contributed by atoms with E-state index in [9.17, 15) is 0 Å². The molecule has 0 saturated heterocycles. The second kappa shape index (κ2) is 6.33. The van der Waals surface area contributed by atoms with Crippen molar-refractivity contribution in [3.63, 3.8) is 0 Å². The minimum atomic E-state index is 0. The Balaban J connectivity index is 0.00000144. The molecular weight excluding hydrogens is 232 g/mol. The summed E-state index contributed by atoms with van der Waals surface area (Å²) >= 11 is 11.5. The zero-order valence-corrected chi connectivity index (χ0v) is 9.12. The average Bonchev–Trinajstić information content (AvgIpc) is 2.03. The Morgan fingerprint density at radius 2 is 2.00 bits per heavy atom. The van der Waals surface area contributed by atoms with Gasteiger partial charge in [0.25, 0.3) is 0 Å². The van der Waals surface area contributed by atoms with Crippen molar-refractivity contribution in [1.82, 2.24) is 0 Å². The highest BCUT2D eigenvalue weighted by molar-refractivity contribution is 6.35. The molecular formula is C8H10Cl3NO. The maximum absolute atomic E-state index is 5.81. The first-order valence-corrected chi connectivity index (χ1v) is 4.27. The second-order valence-corrected chi connectivity index (χ2v) is 3.06. The molecule has 0 heterocycles. The minimum absolute atomic E-state index is 0. The van der Waals surface area contributed by atoms with Crippen LogP contribution in [0.15, 0.2) is 18.2 Å². The Kier molecular flexibility index (Phi) is 6.25. The predicted octanol–water partition coefficient (Wildman–Crippen LogP) is 2.75. The molecule has 74 valence electrons. The lowest BCUT2D eigenvalue weighted by molar-refractivity contribution is 0.328. The molecule has 5 heteroatoms. The summed E-state index contributed by atoms with van der Waals surface area (Å²) in [7, 11) is 0. The summed E-state index contributed by atoms with van der Waals surface area (Å²) in [4.78, 5) is 0. The molecule has 13 heavy (non-hydrogen) atoms. The third-order valence-corrected chi connectivity index (χ3v) is 1.80. The Hall–Kier alpha value is -0.150. The van der Waals surface area contributed by atoms with Gasteiger partial charge in [-0.2, -0.15) is 0 Å². The van der Waals surface area contributed by atoms with Gasteiger partial charge in [-0.15, -0.1) is 12.4 Å². The summed E-state index contributed by atoms with van der Waals surface area (Å²) in [5.74, 6) is 0.617. The van der Waals surface area contributed by atoms with Crippen LogP contribution in [0, 0.1) is 0 Å². The molecule has 2 nitrogen and oxygen atoms in total. The van der Waals surface area contributed by atoms with Gasteiger partial charge >= 0.3 is 0 Å². The van der Waals surface area contributed by atoms with Crippen molar-refractivity contribution >= 4 is 35.6 Å². The molecule has 2 N–H and O–H groups in total. The van der Waals surface area contributed by atoms with E-state index >= 15 is 0 Å². The van der Waals surface area contributed by atoms with Gasteiger partial charge in [0.1, 0.15) is 12.4 Å². The van der Waals surface area contributed by atoms with E-state index in [0.29, 0.717) is 28.9 Å². The van der Waals surface area contributed by atoms with E-state index in [1.54, 1.807) is 18.2 Å². The molecule has 0 bridgehead atoms. The number of benzene rings is 1.